The summed E-state index contributed by atoms with van der Waals surface area (Å²) in [5.74, 6) is -3.22. The van der Waals surface area contributed by atoms with Gasteiger partial charge in [-0.25, -0.2) is 14.8 Å². The molecule has 3 atom stereocenters. The lowest BCUT2D eigenvalue weighted by molar-refractivity contribution is -0.384. The van der Waals surface area contributed by atoms with Gasteiger partial charge in [-0.2, -0.15) is 0 Å². The van der Waals surface area contributed by atoms with Crippen LogP contribution in [0, 0.1) is 16.0 Å². The molecule has 3 unspecified atom stereocenters. The number of aromatic carboxylic acids is 1. The Bertz CT molecular complexity index is 1310. The number of imide groups is 1. The molecule has 0 bridgehead atoms. The number of anilines is 2. The molecule has 0 aromatic heterocycles. The lowest BCUT2D eigenvalue weighted by atomic mass is 9.90. The monoisotopic (exact) mass is 459 g/mol. The highest BCUT2D eigenvalue weighted by Gasteiger charge is 2.60. The van der Waals surface area contributed by atoms with Crippen molar-refractivity contribution >= 4 is 34.8 Å². The summed E-state index contributed by atoms with van der Waals surface area (Å²) in [5.41, 5.74) is 1.14. The molecular weight excluding hydrogens is 442 g/mol. The number of carbonyl (C=O) groups excluding carboxylic acids is 2. The van der Waals surface area contributed by atoms with Crippen LogP contribution in [-0.4, -0.2) is 33.9 Å². The van der Waals surface area contributed by atoms with Gasteiger partial charge in [0.1, 0.15) is 5.92 Å². The number of nitro groups is 1. The number of non-ortho nitro benzene ring substituents is 1. The van der Waals surface area contributed by atoms with E-state index in [0.29, 0.717) is 11.3 Å². The first kappa shape index (κ1) is 21.3. The molecular formula is C24H17N3O7. The zero-order valence-corrected chi connectivity index (χ0v) is 17.5. The minimum Gasteiger partial charge on any atom is -0.478 e. The second kappa shape index (κ2) is 8.09. The number of carboxylic acid groups (broad SMARTS) is 1. The molecule has 2 saturated heterocycles. The maximum atomic E-state index is 13.5. The highest BCUT2D eigenvalue weighted by Crippen LogP contribution is 2.47. The van der Waals surface area contributed by atoms with E-state index in [-0.39, 0.29) is 16.9 Å². The fraction of sp³-hybridized carbons (Fsp3) is 0.125. The number of para-hydroxylation sites is 1. The Morgan fingerprint density at radius 2 is 1.62 bits per heavy atom. The number of nitro benzene ring substituents is 1. The summed E-state index contributed by atoms with van der Waals surface area (Å²) in [4.78, 5) is 55.8. The molecule has 34 heavy (non-hydrogen) atoms. The van der Waals surface area contributed by atoms with Crippen LogP contribution in [-0.2, 0) is 14.4 Å². The van der Waals surface area contributed by atoms with Gasteiger partial charge >= 0.3 is 5.97 Å². The average Bonchev–Trinajstić information content (AvgIpc) is 3.35. The quantitative estimate of drug-likeness (QED) is 0.349. The lowest BCUT2D eigenvalue weighted by Gasteiger charge is -2.28. The molecule has 0 radical (unpaired) electrons. The van der Waals surface area contributed by atoms with Crippen LogP contribution in [0.2, 0.25) is 0 Å². The molecule has 2 aliphatic rings. The minimum absolute atomic E-state index is 0.0176. The number of hydrogen-bond acceptors (Lipinski definition) is 7. The molecule has 3 aromatic rings. The predicted molar refractivity (Wildman–Crippen MR) is 119 cm³/mol. The van der Waals surface area contributed by atoms with Crippen molar-refractivity contribution in [2.24, 2.45) is 5.92 Å². The molecule has 3 aromatic carbocycles. The van der Waals surface area contributed by atoms with Crippen LogP contribution in [0.25, 0.3) is 0 Å². The molecule has 10 nitrogen and oxygen atoms in total. The van der Waals surface area contributed by atoms with Crippen molar-refractivity contribution in [3.05, 3.63) is 100 Å². The van der Waals surface area contributed by atoms with Crippen LogP contribution in [0.4, 0.5) is 17.1 Å². The number of benzene rings is 3. The van der Waals surface area contributed by atoms with Gasteiger partial charge in [-0.3, -0.25) is 24.5 Å². The van der Waals surface area contributed by atoms with Gasteiger partial charge in [0.15, 0.2) is 6.10 Å². The van der Waals surface area contributed by atoms with E-state index >= 15 is 0 Å². The summed E-state index contributed by atoms with van der Waals surface area (Å²) in [6.45, 7) is 0. The number of hydroxylamine groups is 1. The van der Waals surface area contributed by atoms with Gasteiger partial charge in [0, 0.05) is 12.1 Å². The van der Waals surface area contributed by atoms with Gasteiger partial charge in [-0.05, 0) is 42.0 Å². The third-order valence-electron chi connectivity index (χ3n) is 5.92. The summed E-state index contributed by atoms with van der Waals surface area (Å²) in [7, 11) is 0. The molecule has 0 aliphatic carbocycles. The van der Waals surface area contributed by atoms with Gasteiger partial charge in [0.2, 0.25) is 5.91 Å². The van der Waals surface area contributed by atoms with Gasteiger partial charge in [0.25, 0.3) is 11.6 Å². The molecule has 5 rings (SSSR count). The number of carbonyl (C=O) groups is 3. The Morgan fingerprint density at radius 1 is 0.912 bits per heavy atom. The topological polar surface area (TPSA) is 130 Å². The molecule has 2 heterocycles. The Morgan fingerprint density at radius 3 is 2.26 bits per heavy atom. The number of amides is 2. The van der Waals surface area contributed by atoms with Crippen molar-refractivity contribution in [1.29, 1.82) is 0 Å². The molecule has 0 spiro atoms. The summed E-state index contributed by atoms with van der Waals surface area (Å²) in [6, 6.07) is 19.3. The number of hydrogen-bond donors (Lipinski definition) is 1. The Labute approximate surface area is 192 Å². The predicted octanol–water partition coefficient (Wildman–Crippen LogP) is 3.34. The molecule has 2 amide bonds. The van der Waals surface area contributed by atoms with Crippen molar-refractivity contribution in [3.8, 4) is 0 Å². The summed E-state index contributed by atoms with van der Waals surface area (Å²) >= 11 is 0. The van der Waals surface area contributed by atoms with Gasteiger partial charge < -0.3 is 5.11 Å². The fourth-order valence-electron chi connectivity index (χ4n) is 4.38. The molecule has 0 saturated carbocycles. The first-order valence-corrected chi connectivity index (χ1v) is 10.3. The molecule has 170 valence electrons. The van der Waals surface area contributed by atoms with Crippen LogP contribution in [0.5, 0.6) is 0 Å². The number of carboxylic acids is 1. The first-order valence-electron chi connectivity index (χ1n) is 10.3. The first-order chi connectivity index (χ1) is 16.4. The van der Waals surface area contributed by atoms with Gasteiger partial charge in [-0.1, -0.05) is 30.3 Å². The highest BCUT2D eigenvalue weighted by molar-refractivity contribution is 6.24. The zero-order chi connectivity index (χ0) is 24.0. The van der Waals surface area contributed by atoms with E-state index < -0.39 is 40.8 Å². The van der Waals surface area contributed by atoms with Crippen molar-refractivity contribution < 1.29 is 29.3 Å². The van der Waals surface area contributed by atoms with E-state index in [1.165, 1.54) is 47.5 Å². The lowest BCUT2D eigenvalue weighted by Crippen LogP contribution is -2.37. The Balaban J connectivity index is 1.57. The Kier molecular flexibility index (Phi) is 5.06. The second-order valence-electron chi connectivity index (χ2n) is 7.87. The summed E-state index contributed by atoms with van der Waals surface area (Å²) in [6.07, 6.45) is -1.14. The maximum Gasteiger partial charge on any atom is 0.335 e. The van der Waals surface area contributed by atoms with Crippen LogP contribution < -0.4 is 9.96 Å². The van der Waals surface area contributed by atoms with Crippen molar-refractivity contribution in [1.82, 2.24) is 0 Å². The molecule has 2 fully saturated rings. The zero-order valence-electron chi connectivity index (χ0n) is 17.5. The van der Waals surface area contributed by atoms with Gasteiger partial charge in [-0.15, -0.1) is 0 Å². The third kappa shape index (κ3) is 3.37. The smallest absolute Gasteiger partial charge is 0.335 e. The van der Waals surface area contributed by atoms with Crippen molar-refractivity contribution in [3.63, 3.8) is 0 Å². The van der Waals surface area contributed by atoms with Crippen LogP contribution in [0.15, 0.2) is 78.9 Å². The summed E-state index contributed by atoms with van der Waals surface area (Å²) < 4.78 is 0. The SMILES string of the molecule is O=C(O)c1ccc(N2C(=O)C3ON(c4ccccc4)C(c4cccc([N+](=O)[O-])c4)C3C2=O)cc1. The van der Waals surface area contributed by atoms with Crippen LogP contribution in [0.1, 0.15) is 22.0 Å². The maximum absolute atomic E-state index is 13.5. The van der Waals surface area contributed by atoms with E-state index in [0.717, 1.165) is 4.90 Å². The standard InChI is InChI=1S/C24H17N3O7/c28-22-19-20(15-5-4-8-18(13-15)27(32)33)26(17-6-2-1-3-7-17)34-21(19)23(29)25(22)16-11-9-14(10-12-16)24(30)31/h1-13,19-21H,(H,30,31). The fourth-order valence-corrected chi connectivity index (χ4v) is 4.38. The number of fused-ring (bicyclic) bond motifs is 1. The summed E-state index contributed by atoms with van der Waals surface area (Å²) in [5, 5.41) is 21.9. The van der Waals surface area contributed by atoms with Gasteiger partial charge in [0.05, 0.1) is 27.9 Å². The average molecular weight is 459 g/mol. The molecule has 1 N–H and O–H groups in total. The van der Waals surface area contributed by atoms with E-state index in [1.807, 2.05) is 6.07 Å². The number of rotatable bonds is 5. The molecule has 10 heteroatoms. The van der Waals surface area contributed by atoms with E-state index in [9.17, 15) is 24.5 Å². The van der Waals surface area contributed by atoms with Crippen molar-refractivity contribution in [2.45, 2.75) is 12.1 Å². The van der Waals surface area contributed by atoms with E-state index in [1.54, 1.807) is 30.3 Å². The second-order valence-corrected chi connectivity index (χ2v) is 7.87. The molecule has 2 aliphatic heterocycles. The van der Waals surface area contributed by atoms with E-state index in [2.05, 4.69) is 0 Å². The Hall–Kier alpha value is -4.57. The van der Waals surface area contributed by atoms with E-state index in [4.69, 9.17) is 9.94 Å². The third-order valence-corrected chi connectivity index (χ3v) is 5.92. The number of nitrogens with zero attached hydrogens (tertiary/aromatic N) is 3. The highest BCUT2D eigenvalue weighted by atomic mass is 16.7. The largest absolute Gasteiger partial charge is 0.478 e. The minimum atomic E-state index is -1.14. The van der Waals surface area contributed by atoms with Crippen LogP contribution in [0.3, 0.4) is 0 Å². The van der Waals surface area contributed by atoms with Crippen LogP contribution >= 0.6 is 0 Å². The van der Waals surface area contributed by atoms with Crippen molar-refractivity contribution in [2.75, 3.05) is 9.96 Å². The normalized spacial score (nSPS) is 21.6.